The number of rotatable bonds is 5. The number of anilines is 1. The first-order valence-electron chi connectivity index (χ1n) is 9.54. The van der Waals surface area contributed by atoms with E-state index in [9.17, 15) is 14.0 Å². The Morgan fingerprint density at radius 2 is 1.71 bits per heavy atom. The van der Waals surface area contributed by atoms with Crippen molar-refractivity contribution in [2.45, 2.75) is 39.0 Å². The molecule has 6 heteroatoms. The molecular weight excluding hydrogens is 357 g/mol. The first-order chi connectivity index (χ1) is 13.5. The Balaban J connectivity index is 1.63. The first-order valence-corrected chi connectivity index (χ1v) is 9.54. The number of halogens is 1. The normalized spacial score (nSPS) is 15.1. The number of carbonyl (C=O) groups excluding carboxylic acids is 2. The Morgan fingerprint density at radius 3 is 2.43 bits per heavy atom. The van der Waals surface area contributed by atoms with E-state index >= 15 is 0 Å². The fraction of sp³-hybridized carbons (Fsp3) is 0.318. The molecule has 0 radical (unpaired) electrons. The molecule has 146 valence electrons. The molecule has 0 unspecified atom stereocenters. The fourth-order valence-electron chi connectivity index (χ4n) is 3.29. The summed E-state index contributed by atoms with van der Waals surface area (Å²) in [6.45, 7) is 1.81. The van der Waals surface area contributed by atoms with Crippen molar-refractivity contribution in [3.8, 4) is 0 Å². The Labute approximate surface area is 164 Å². The van der Waals surface area contributed by atoms with Crippen LogP contribution >= 0.6 is 0 Å². The van der Waals surface area contributed by atoms with Gasteiger partial charge in [-0.25, -0.2) is 9.82 Å². The quantitative estimate of drug-likeness (QED) is 0.591. The first kappa shape index (κ1) is 19.7. The monoisotopic (exact) mass is 381 g/mol. The minimum absolute atomic E-state index is 0.0279. The second kappa shape index (κ2) is 9.26. The molecule has 2 aromatic rings. The summed E-state index contributed by atoms with van der Waals surface area (Å²) < 4.78 is 13.0. The van der Waals surface area contributed by atoms with Crippen LogP contribution in [0.1, 0.15) is 54.9 Å². The Morgan fingerprint density at radius 1 is 1.00 bits per heavy atom. The van der Waals surface area contributed by atoms with Gasteiger partial charge in [-0.3, -0.25) is 9.59 Å². The van der Waals surface area contributed by atoms with Crippen LogP contribution in [0.2, 0.25) is 0 Å². The maximum atomic E-state index is 13.0. The van der Waals surface area contributed by atoms with Gasteiger partial charge >= 0.3 is 0 Å². The standard InChI is InChI=1S/C22H24FN3O2/c1-15(25-26-22(28)16-6-3-2-4-7-16)18-8-5-9-20(14-18)24-21(27)17-10-12-19(23)13-11-17/h5,8-14,16H,2-4,6-7H2,1H3,(H,24,27)(H,26,28). The SMILES string of the molecule is CC(=NNC(=O)C1CCCCC1)c1cccc(NC(=O)c2ccc(F)cc2)c1. The third-order valence-corrected chi connectivity index (χ3v) is 4.95. The van der Waals surface area contributed by atoms with Crippen LogP contribution in [0.25, 0.3) is 0 Å². The van der Waals surface area contributed by atoms with Crippen molar-refractivity contribution in [2.24, 2.45) is 11.0 Å². The van der Waals surface area contributed by atoms with Crippen LogP contribution in [0, 0.1) is 11.7 Å². The van der Waals surface area contributed by atoms with Gasteiger partial charge in [-0.15, -0.1) is 0 Å². The van der Waals surface area contributed by atoms with Gasteiger partial charge in [0.15, 0.2) is 0 Å². The summed E-state index contributed by atoms with van der Waals surface area (Å²) in [5, 5.41) is 7.01. The fourth-order valence-corrected chi connectivity index (χ4v) is 3.29. The average Bonchev–Trinajstić information content (AvgIpc) is 2.73. The van der Waals surface area contributed by atoms with Crippen LogP contribution < -0.4 is 10.7 Å². The zero-order valence-corrected chi connectivity index (χ0v) is 15.9. The van der Waals surface area contributed by atoms with Crippen molar-refractivity contribution in [1.29, 1.82) is 0 Å². The van der Waals surface area contributed by atoms with Crippen molar-refractivity contribution in [3.05, 3.63) is 65.5 Å². The Hall–Kier alpha value is -3.02. The van der Waals surface area contributed by atoms with Crippen LogP contribution in [0.3, 0.4) is 0 Å². The van der Waals surface area contributed by atoms with Crippen molar-refractivity contribution in [1.82, 2.24) is 5.43 Å². The minimum Gasteiger partial charge on any atom is -0.322 e. The highest BCUT2D eigenvalue weighted by atomic mass is 19.1. The zero-order valence-electron chi connectivity index (χ0n) is 15.9. The van der Waals surface area contributed by atoms with E-state index in [0.29, 0.717) is 17.0 Å². The molecule has 2 N–H and O–H groups in total. The summed E-state index contributed by atoms with van der Waals surface area (Å²) >= 11 is 0. The van der Waals surface area contributed by atoms with E-state index in [-0.39, 0.29) is 23.5 Å². The van der Waals surface area contributed by atoms with Gasteiger partial charge in [0.2, 0.25) is 5.91 Å². The maximum absolute atomic E-state index is 13.0. The number of hydrogen-bond donors (Lipinski definition) is 2. The molecule has 28 heavy (non-hydrogen) atoms. The number of hydrogen-bond acceptors (Lipinski definition) is 3. The lowest BCUT2D eigenvalue weighted by atomic mass is 9.89. The number of nitrogens with one attached hydrogen (secondary N) is 2. The molecule has 3 rings (SSSR count). The summed E-state index contributed by atoms with van der Waals surface area (Å²) in [4.78, 5) is 24.5. The predicted molar refractivity (Wildman–Crippen MR) is 108 cm³/mol. The highest BCUT2D eigenvalue weighted by Gasteiger charge is 2.20. The van der Waals surface area contributed by atoms with E-state index < -0.39 is 0 Å². The van der Waals surface area contributed by atoms with Gasteiger partial charge in [0, 0.05) is 17.2 Å². The lowest BCUT2D eigenvalue weighted by Gasteiger charge is -2.19. The number of benzene rings is 2. The van der Waals surface area contributed by atoms with E-state index in [1.165, 1.54) is 30.7 Å². The number of nitrogens with zero attached hydrogens (tertiary/aromatic N) is 1. The molecule has 1 saturated carbocycles. The predicted octanol–water partition coefficient (Wildman–Crippen LogP) is 4.50. The maximum Gasteiger partial charge on any atom is 0.255 e. The zero-order chi connectivity index (χ0) is 19.9. The van der Waals surface area contributed by atoms with Gasteiger partial charge < -0.3 is 5.32 Å². The molecule has 2 aromatic carbocycles. The van der Waals surface area contributed by atoms with Crippen molar-refractivity contribution >= 4 is 23.2 Å². The van der Waals surface area contributed by atoms with Crippen LogP contribution in [0.5, 0.6) is 0 Å². The summed E-state index contributed by atoms with van der Waals surface area (Å²) in [7, 11) is 0. The molecule has 0 spiro atoms. The summed E-state index contributed by atoms with van der Waals surface area (Å²) in [5.74, 6) is -0.690. The third kappa shape index (κ3) is 5.25. The average molecular weight is 381 g/mol. The van der Waals surface area contributed by atoms with Gasteiger partial charge in [-0.05, 0) is 61.7 Å². The molecule has 5 nitrogen and oxygen atoms in total. The molecule has 0 saturated heterocycles. The Bertz CT molecular complexity index is 872. The van der Waals surface area contributed by atoms with Gasteiger partial charge in [0.25, 0.3) is 5.91 Å². The molecule has 0 heterocycles. The lowest BCUT2D eigenvalue weighted by molar-refractivity contribution is -0.125. The second-order valence-corrected chi connectivity index (χ2v) is 7.05. The van der Waals surface area contributed by atoms with E-state index in [1.807, 2.05) is 13.0 Å². The largest absolute Gasteiger partial charge is 0.322 e. The van der Waals surface area contributed by atoms with Crippen molar-refractivity contribution in [3.63, 3.8) is 0 Å². The number of amides is 2. The lowest BCUT2D eigenvalue weighted by Crippen LogP contribution is -2.29. The highest BCUT2D eigenvalue weighted by Crippen LogP contribution is 2.23. The van der Waals surface area contributed by atoms with E-state index in [0.717, 1.165) is 31.2 Å². The van der Waals surface area contributed by atoms with Crippen molar-refractivity contribution in [2.75, 3.05) is 5.32 Å². The van der Waals surface area contributed by atoms with Crippen LogP contribution in [-0.4, -0.2) is 17.5 Å². The van der Waals surface area contributed by atoms with Gasteiger partial charge in [0.05, 0.1) is 5.71 Å². The van der Waals surface area contributed by atoms with Crippen LogP contribution in [0.15, 0.2) is 53.6 Å². The molecule has 0 bridgehead atoms. The molecular formula is C22H24FN3O2. The molecule has 0 atom stereocenters. The van der Waals surface area contributed by atoms with Crippen molar-refractivity contribution < 1.29 is 14.0 Å². The van der Waals surface area contributed by atoms with E-state index in [4.69, 9.17) is 0 Å². The topological polar surface area (TPSA) is 70.6 Å². The number of carbonyl (C=O) groups is 2. The van der Waals surface area contributed by atoms with Gasteiger partial charge in [-0.2, -0.15) is 5.10 Å². The number of hydrazone groups is 1. The Kier molecular flexibility index (Phi) is 6.53. The van der Waals surface area contributed by atoms with Gasteiger partial charge in [-0.1, -0.05) is 31.4 Å². The van der Waals surface area contributed by atoms with Crippen LogP contribution in [-0.2, 0) is 4.79 Å². The second-order valence-electron chi connectivity index (χ2n) is 7.05. The molecule has 1 fully saturated rings. The van der Waals surface area contributed by atoms with Gasteiger partial charge in [0.1, 0.15) is 5.82 Å². The molecule has 2 amide bonds. The van der Waals surface area contributed by atoms with E-state index in [2.05, 4.69) is 15.8 Å². The van der Waals surface area contributed by atoms with E-state index in [1.54, 1.807) is 18.2 Å². The van der Waals surface area contributed by atoms with Crippen LogP contribution in [0.4, 0.5) is 10.1 Å². The highest BCUT2D eigenvalue weighted by molar-refractivity contribution is 6.05. The molecule has 0 aliphatic heterocycles. The third-order valence-electron chi connectivity index (χ3n) is 4.95. The molecule has 1 aliphatic rings. The smallest absolute Gasteiger partial charge is 0.255 e. The minimum atomic E-state index is -0.388. The summed E-state index contributed by atoms with van der Waals surface area (Å²) in [5.41, 5.74) is 5.08. The summed E-state index contributed by atoms with van der Waals surface area (Å²) in [6, 6.07) is 12.6. The molecule has 0 aromatic heterocycles. The molecule has 1 aliphatic carbocycles. The summed E-state index contributed by atoms with van der Waals surface area (Å²) in [6.07, 6.45) is 5.23.